The van der Waals surface area contributed by atoms with E-state index in [1.165, 1.54) is 29.7 Å². The van der Waals surface area contributed by atoms with Crippen molar-refractivity contribution in [2.24, 2.45) is 7.05 Å². The van der Waals surface area contributed by atoms with Crippen molar-refractivity contribution in [3.8, 4) is 11.4 Å². The van der Waals surface area contributed by atoms with Gasteiger partial charge >= 0.3 is 0 Å². The van der Waals surface area contributed by atoms with Crippen LogP contribution in [0.1, 0.15) is 58.1 Å². The van der Waals surface area contributed by atoms with Crippen LogP contribution in [0.25, 0.3) is 22.4 Å². The van der Waals surface area contributed by atoms with Crippen molar-refractivity contribution in [1.29, 1.82) is 0 Å². The van der Waals surface area contributed by atoms with Gasteiger partial charge < -0.3 is 9.88 Å². The van der Waals surface area contributed by atoms with Gasteiger partial charge in [-0.3, -0.25) is 14.3 Å². The quantitative estimate of drug-likeness (QED) is 0.376. The van der Waals surface area contributed by atoms with Gasteiger partial charge in [-0.2, -0.15) is 5.10 Å². The molecule has 2 N–H and O–H groups in total. The predicted molar refractivity (Wildman–Crippen MR) is 139 cm³/mol. The van der Waals surface area contributed by atoms with E-state index in [1.807, 2.05) is 13.8 Å². The Labute approximate surface area is 212 Å². The van der Waals surface area contributed by atoms with E-state index in [-0.39, 0.29) is 16.6 Å². The highest BCUT2D eigenvalue weighted by molar-refractivity contribution is 7.89. The molecule has 0 aliphatic carbocycles. The van der Waals surface area contributed by atoms with E-state index < -0.39 is 10.0 Å². The normalized spacial score (nSPS) is 17.7. The third-order valence-corrected chi connectivity index (χ3v) is 8.13. The van der Waals surface area contributed by atoms with Gasteiger partial charge in [0.1, 0.15) is 11.3 Å². The lowest BCUT2D eigenvalue weighted by atomic mass is 10.0. The first-order valence-electron chi connectivity index (χ1n) is 12.7. The van der Waals surface area contributed by atoms with Crippen molar-refractivity contribution in [3.63, 3.8) is 0 Å². The van der Waals surface area contributed by atoms with Crippen LogP contribution in [-0.2, 0) is 28.3 Å². The van der Waals surface area contributed by atoms with Crippen LogP contribution in [0.2, 0.25) is 0 Å². The maximum absolute atomic E-state index is 13.0. The monoisotopic (exact) mass is 516 g/mol. The summed E-state index contributed by atoms with van der Waals surface area (Å²) in [6, 6.07) is 6.85. The molecule has 1 aliphatic heterocycles. The van der Waals surface area contributed by atoms with Gasteiger partial charge in [0.05, 0.1) is 16.7 Å². The fourth-order valence-electron chi connectivity index (χ4n) is 4.85. The number of likely N-dealkylation sites (tertiary alicyclic amines) is 1. The van der Waals surface area contributed by atoms with Gasteiger partial charge in [-0.05, 0) is 64.3 Å². The van der Waals surface area contributed by atoms with Crippen LogP contribution in [0.3, 0.4) is 0 Å². The van der Waals surface area contributed by atoms with E-state index in [4.69, 9.17) is 4.84 Å². The Hall–Kier alpha value is -2.60. The Morgan fingerprint density at radius 1 is 1.28 bits per heavy atom. The van der Waals surface area contributed by atoms with Crippen LogP contribution in [0.15, 0.2) is 34.0 Å². The van der Waals surface area contributed by atoms with E-state index in [9.17, 15) is 13.2 Å². The third-order valence-electron chi connectivity index (χ3n) is 6.94. The second kappa shape index (κ2) is 11.2. The van der Waals surface area contributed by atoms with E-state index in [0.717, 1.165) is 31.5 Å². The molecule has 3 aromatic rings. The van der Waals surface area contributed by atoms with Gasteiger partial charge in [-0.15, -0.1) is 0 Å². The lowest BCUT2D eigenvalue weighted by Gasteiger charge is -2.22. The molecular weight excluding hydrogens is 480 g/mol. The molecule has 11 heteroatoms. The summed E-state index contributed by atoms with van der Waals surface area (Å²) in [6.07, 6.45) is 6.19. The van der Waals surface area contributed by atoms with Gasteiger partial charge in [-0.25, -0.2) is 13.4 Å². The molecule has 2 unspecified atom stereocenters. The number of aromatic amines is 1. The molecule has 4 rings (SSSR count). The van der Waals surface area contributed by atoms with Crippen molar-refractivity contribution in [2.75, 3.05) is 13.6 Å². The summed E-state index contributed by atoms with van der Waals surface area (Å²) in [4.78, 5) is 30.5. The number of nitrogens with zero attached hydrogens (tertiary/aromatic N) is 4. The molecule has 1 aromatic carbocycles. The fraction of sp³-hybridized carbons (Fsp3) is 0.560. The Kier molecular flexibility index (Phi) is 8.23. The number of rotatable bonds is 11. The van der Waals surface area contributed by atoms with E-state index in [0.29, 0.717) is 41.3 Å². The SMILES string of the molecule is CCCc1nn(C)c2c(=O)[nH]c(-c3cccc(S(=O)(=O)NOC(CC)CCC4CCCN4C)c3)nc12. The third kappa shape index (κ3) is 5.69. The molecule has 1 aliphatic rings. The lowest BCUT2D eigenvalue weighted by molar-refractivity contribution is 0.00616. The number of sulfonamides is 1. The molecule has 2 aromatic heterocycles. The zero-order chi connectivity index (χ0) is 25.9. The summed E-state index contributed by atoms with van der Waals surface area (Å²) in [5.41, 5.74) is 1.85. The largest absolute Gasteiger partial charge is 0.305 e. The first-order valence-corrected chi connectivity index (χ1v) is 14.2. The molecule has 0 saturated carbocycles. The molecule has 1 saturated heterocycles. The van der Waals surface area contributed by atoms with Crippen LogP contribution in [-0.4, -0.2) is 58.8 Å². The second-order valence-electron chi connectivity index (χ2n) is 9.55. The Bertz CT molecular complexity index is 1370. The predicted octanol–water partition coefficient (Wildman–Crippen LogP) is 3.14. The van der Waals surface area contributed by atoms with Crippen molar-refractivity contribution in [1.82, 2.24) is 29.5 Å². The van der Waals surface area contributed by atoms with Crippen LogP contribution < -0.4 is 10.4 Å². The summed E-state index contributed by atoms with van der Waals surface area (Å²) in [5.74, 6) is 0.294. The van der Waals surface area contributed by atoms with Crippen molar-refractivity contribution >= 4 is 21.1 Å². The topological polar surface area (TPSA) is 122 Å². The fourth-order valence-corrected chi connectivity index (χ4v) is 5.75. The van der Waals surface area contributed by atoms with Gasteiger partial charge in [0, 0.05) is 18.7 Å². The minimum atomic E-state index is -3.93. The average Bonchev–Trinajstić information content (AvgIpc) is 3.41. The van der Waals surface area contributed by atoms with Crippen molar-refractivity contribution in [2.45, 2.75) is 75.8 Å². The lowest BCUT2D eigenvalue weighted by Crippen LogP contribution is -2.31. The Morgan fingerprint density at radius 2 is 2.08 bits per heavy atom. The number of aromatic nitrogens is 4. The Morgan fingerprint density at radius 3 is 2.78 bits per heavy atom. The highest BCUT2D eigenvalue weighted by Gasteiger charge is 2.23. The number of benzene rings is 1. The molecule has 196 valence electrons. The number of aryl methyl sites for hydroxylation is 2. The Balaban J connectivity index is 1.52. The minimum absolute atomic E-state index is 0.0353. The zero-order valence-corrected chi connectivity index (χ0v) is 22.3. The molecule has 2 atom stereocenters. The highest BCUT2D eigenvalue weighted by Crippen LogP contribution is 2.23. The maximum Gasteiger partial charge on any atom is 0.277 e. The molecule has 3 heterocycles. The molecule has 36 heavy (non-hydrogen) atoms. The van der Waals surface area contributed by atoms with Crippen LogP contribution >= 0.6 is 0 Å². The number of fused-ring (bicyclic) bond motifs is 1. The van der Waals surface area contributed by atoms with E-state index in [2.05, 4.69) is 31.9 Å². The van der Waals surface area contributed by atoms with Gasteiger partial charge in [0.15, 0.2) is 5.52 Å². The van der Waals surface area contributed by atoms with Crippen LogP contribution in [0, 0.1) is 0 Å². The summed E-state index contributed by atoms with van der Waals surface area (Å²) in [5, 5.41) is 4.43. The number of nitrogens with one attached hydrogen (secondary N) is 2. The summed E-state index contributed by atoms with van der Waals surface area (Å²) in [7, 11) is -0.0805. The van der Waals surface area contributed by atoms with Crippen LogP contribution in [0.4, 0.5) is 0 Å². The molecule has 1 fully saturated rings. The highest BCUT2D eigenvalue weighted by atomic mass is 32.2. The molecule has 10 nitrogen and oxygen atoms in total. The van der Waals surface area contributed by atoms with Gasteiger partial charge in [-0.1, -0.05) is 37.3 Å². The first kappa shape index (κ1) is 26.5. The number of hydrogen-bond donors (Lipinski definition) is 2. The van der Waals surface area contributed by atoms with Gasteiger partial charge in [0.2, 0.25) is 0 Å². The first-order chi connectivity index (χ1) is 17.2. The molecule has 0 radical (unpaired) electrons. The maximum atomic E-state index is 13.0. The van der Waals surface area contributed by atoms with E-state index in [1.54, 1.807) is 19.2 Å². The molecule has 0 bridgehead atoms. The molecule has 0 spiro atoms. The zero-order valence-electron chi connectivity index (χ0n) is 21.5. The van der Waals surface area contributed by atoms with Crippen LogP contribution in [0.5, 0.6) is 0 Å². The molecule has 0 amide bonds. The smallest absolute Gasteiger partial charge is 0.277 e. The average molecular weight is 517 g/mol. The number of hydrogen-bond acceptors (Lipinski definition) is 7. The van der Waals surface area contributed by atoms with Crippen molar-refractivity contribution < 1.29 is 13.3 Å². The standard InChI is InChI=1S/C25H36N6O4S/c1-5-9-21-22-23(31(4)28-21)25(32)27-24(26-22)17-10-7-12-20(16-17)36(33,34)29-35-19(6-2)14-13-18-11-8-15-30(18)3/h7,10,12,16,18-19,29H,5-6,8-9,11,13-15H2,1-4H3,(H,26,27,32). The van der Waals surface area contributed by atoms with E-state index >= 15 is 0 Å². The summed E-state index contributed by atoms with van der Waals surface area (Å²) in [6.45, 7) is 5.13. The minimum Gasteiger partial charge on any atom is -0.305 e. The van der Waals surface area contributed by atoms with Gasteiger partial charge in [0.25, 0.3) is 15.6 Å². The summed E-state index contributed by atoms with van der Waals surface area (Å²) < 4.78 is 27.6. The summed E-state index contributed by atoms with van der Waals surface area (Å²) >= 11 is 0. The van der Waals surface area contributed by atoms with Crippen molar-refractivity contribution in [3.05, 3.63) is 40.3 Å². The number of H-pyrrole nitrogens is 1. The molecular formula is C25H36N6O4S. The second-order valence-corrected chi connectivity index (χ2v) is 11.2.